The summed E-state index contributed by atoms with van der Waals surface area (Å²) >= 11 is 12.7. The third-order valence-corrected chi connectivity index (χ3v) is 9.79. The number of methoxy groups -OCH3 is 1. The fourth-order valence-electron chi connectivity index (χ4n) is 7.40. The molecule has 3 heterocycles. The second kappa shape index (κ2) is 9.70. The predicted molar refractivity (Wildman–Crippen MR) is 153 cm³/mol. The van der Waals surface area contributed by atoms with Crippen LogP contribution in [0.3, 0.4) is 0 Å². The fourth-order valence-corrected chi connectivity index (χ4v) is 7.75. The molecule has 7 nitrogen and oxygen atoms in total. The van der Waals surface area contributed by atoms with Crippen LogP contribution in [0, 0.1) is 11.7 Å². The van der Waals surface area contributed by atoms with Crippen LogP contribution in [-0.4, -0.2) is 47.6 Å². The van der Waals surface area contributed by atoms with Crippen molar-refractivity contribution in [1.82, 2.24) is 10.2 Å². The van der Waals surface area contributed by atoms with E-state index in [9.17, 15) is 14.7 Å². The Hall–Kier alpha value is -3.17. The van der Waals surface area contributed by atoms with Gasteiger partial charge in [0.1, 0.15) is 22.7 Å². The minimum atomic E-state index is -1.16. The molecule has 10 heteroatoms. The van der Waals surface area contributed by atoms with Gasteiger partial charge < -0.3 is 20.5 Å². The van der Waals surface area contributed by atoms with Gasteiger partial charge in [-0.05, 0) is 66.6 Å². The zero-order chi connectivity index (χ0) is 28.6. The summed E-state index contributed by atoms with van der Waals surface area (Å²) in [6.45, 7) is 0.699. The van der Waals surface area contributed by atoms with Crippen LogP contribution in [0.1, 0.15) is 58.3 Å². The van der Waals surface area contributed by atoms with Gasteiger partial charge in [-0.25, -0.2) is 9.18 Å². The van der Waals surface area contributed by atoms with Gasteiger partial charge in [-0.1, -0.05) is 47.5 Å². The lowest BCUT2D eigenvalue weighted by atomic mass is 9.73. The van der Waals surface area contributed by atoms with E-state index in [0.29, 0.717) is 35.2 Å². The summed E-state index contributed by atoms with van der Waals surface area (Å²) in [6.07, 6.45) is 2.81. The maximum atomic E-state index is 16.0. The van der Waals surface area contributed by atoms with E-state index in [1.807, 2.05) is 6.07 Å². The van der Waals surface area contributed by atoms with Gasteiger partial charge in [0.2, 0.25) is 5.91 Å². The number of hydrogen-bond acceptors (Lipinski definition) is 5. The largest absolute Gasteiger partial charge is 0.496 e. The van der Waals surface area contributed by atoms with E-state index in [4.69, 9.17) is 27.9 Å². The summed E-state index contributed by atoms with van der Waals surface area (Å²) in [7, 11) is 1.45. The number of carboxylic acids is 1. The molecule has 0 aromatic heterocycles. The molecule has 212 valence electrons. The monoisotopic (exact) mass is 595 g/mol. The van der Waals surface area contributed by atoms with E-state index in [-0.39, 0.29) is 40.4 Å². The molecular weight excluding hydrogens is 568 g/mol. The minimum Gasteiger partial charge on any atom is -0.496 e. The first-order valence-electron chi connectivity index (χ1n) is 13.7. The van der Waals surface area contributed by atoms with E-state index < -0.39 is 23.2 Å². The number of nitrogens with zero attached hydrogens (tertiary/aromatic N) is 1. The van der Waals surface area contributed by atoms with Gasteiger partial charge in [-0.2, -0.15) is 0 Å². The zero-order valence-corrected chi connectivity index (χ0v) is 23.7. The van der Waals surface area contributed by atoms with Gasteiger partial charge in [0.15, 0.2) is 0 Å². The van der Waals surface area contributed by atoms with Crippen molar-refractivity contribution in [2.75, 3.05) is 19.0 Å². The van der Waals surface area contributed by atoms with Crippen molar-refractivity contribution in [3.05, 3.63) is 92.7 Å². The quantitative estimate of drug-likeness (QED) is 0.325. The van der Waals surface area contributed by atoms with Crippen LogP contribution >= 0.6 is 23.2 Å². The molecule has 1 amide bonds. The standard InChI is InChI=1S/C31H28Cl2FN3O4/c1-41-25-11-16(7-9-18(25)29(38)39)22-13-24-28(35-22)26(19-3-2-4-21(33)27(19)34)31(37(24)14-15-5-6-15)20-10-8-17(32)12-23(20)36-30(31)40/h2-4,7-12,15,22,24,26,28,35H,5-6,13-14H2,1H3,(H,36,40)(H,38,39)/t22-,24+,26+,28-,31-/m0/s1. The molecule has 41 heavy (non-hydrogen) atoms. The van der Waals surface area contributed by atoms with Crippen LogP contribution in [0.2, 0.25) is 10.0 Å². The van der Waals surface area contributed by atoms with Crippen molar-refractivity contribution in [2.45, 2.75) is 48.8 Å². The van der Waals surface area contributed by atoms with Gasteiger partial charge in [0, 0.05) is 46.9 Å². The summed E-state index contributed by atoms with van der Waals surface area (Å²) in [5.74, 6) is -1.66. The van der Waals surface area contributed by atoms with Crippen LogP contribution in [0.5, 0.6) is 5.75 Å². The number of nitrogens with one attached hydrogen (secondary N) is 2. The van der Waals surface area contributed by atoms with Crippen molar-refractivity contribution >= 4 is 40.8 Å². The van der Waals surface area contributed by atoms with Gasteiger partial charge in [0.25, 0.3) is 0 Å². The predicted octanol–water partition coefficient (Wildman–Crippen LogP) is 5.97. The number of carbonyl (C=O) groups is 2. The number of anilines is 1. The smallest absolute Gasteiger partial charge is 0.339 e. The summed E-state index contributed by atoms with van der Waals surface area (Å²) in [4.78, 5) is 28.3. The Balaban J connectivity index is 1.39. The highest BCUT2D eigenvalue weighted by Gasteiger charge is 2.69. The van der Waals surface area contributed by atoms with Crippen LogP contribution in [0.25, 0.3) is 0 Å². The molecule has 0 unspecified atom stereocenters. The highest BCUT2D eigenvalue weighted by atomic mass is 35.5. The molecule has 0 bridgehead atoms. The number of likely N-dealkylation sites (tertiary alicyclic amines) is 1. The molecule has 0 radical (unpaired) electrons. The highest BCUT2D eigenvalue weighted by molar-refractivity contribution is 6.31. The average Bonchev–Trinajstić information content (AvgIpc) is 3.52. The topological polar surface area (TPSA) is 90.9 Å². The number of hydrogen-bond donors (Lipinski definition) is 3. The molecule has 1 saturated carbocycles. The lowest BCUT2D eigenvalue weighted by molar-refractivity contribution is -0.128. The molecular formula is C31H28Cl2FN3O4. The summed E-state index contributed by atoms with van der Waals surface area (Å²) in [5, 5.41) is 16.9. The van der Waals surface area contributed by atoms with Crippen molar-refractivity contribution in [3.8, 4) is 5.75 Å². The normalized spacial score (nSPS) is 28.5. The number of aromatic carboxylic acids is 1. The van der Waals surface area contributed by atoms with Crippen LogP contribution in [0.15, 0.2) is 54.6 Å². The van der Waals surface area contributed by atoms with E-state index in [1.165, 1.54) is 13.2 Å². The first-order valence-corrected chi connectivity index (χ1v) is 14.5. The minimum absolute atomic E-state index is 0.00752. The second-order valence-corrected chi connectivity index (χ2v) is 12.3. The molecule has 7 rings (SSSR count). The Morgan fingerprint density at radius 1 is 1.17 bits per heavy atom. The molecule has 4 aliphatic rings. The second-order valence-electron chi connectivity index (χ2n) is 11.4. The third-order valence-electron chi connectivity index (χ3n) is 9.26. The molecule has 2 saturated heterocycles. The average molecular weight is 596 g/mol. The molecule has 1 aliphatic carbocycles. The number of benzene rings is 3. The van der Waals surface area contributed by atoms with Crippen molar-refractivity contribution in [3.63, 3.8) is 0 Å². The molecule has 3 aromatic carbocycles. The van der Waals surface area contributed by atoms with E-state index >= 15 is 4.39 Å². The molecule has 3 aromatic rings. The molecule has 3 N–H and O–H groups in total. The SMILES string of the molecule is COc1cc([C@@H]2C[C@@H]3[C@H](N2)[C@@H](c2cccc(Cl)c2F)[C@@]2(C(=O)Nc4cc(Cl)ccc42)N3CC2CC2)ccc1C(=O)O. The van der Waals surface area contributed by atoms with Crippen molar-refractivity contribution in [1.29, 1.82) is 0 Å². The number of ether oxygens (including phenoxy) is 1. The Labute approximate surface area is 246 Å². The van der Waals surface area contributed by atoms with Gasteiger partial charge >= 0.3 is 5.97 Å². The summed E-state index contributed by atoms with van der Waals surface area (Å²) in [5.41, 5.74) is 1.61. The van der Waals surface area contributed by atoms with Gasteiger partial charge in [-0.15, -0.1) is 0 Å². The Bertz CT molecular complexity index is 1600. The zero-order valence-electron chi connectivity index (χ0n) is 22.2. The van der Waals surface area contributed by atoms with Crippen molar-refractivity contribution in [2.24, 2.45) is 5.92 Å². The number of rotatable bonds is 6. The summed E-state index contributed by atoms with van der Waals surface area (Å²) in [6, 6.07) is 14.9. The Morgan fingerprint density at radius 2 is 1.98 bits per heavy atom. The fraction of sp³-hybridized carbons (Fsp3) is 0.355. The molecule has 3 aliphatic heterocycles. The lowest BCUT2D eigenvalue weighted by Crippen LogP contribution is -2.53. The highest BCUT2D eigenvalue weighted by Crippen LogP contribution is 2.61. The van der Waals surface area contributed by atoms with Crippen molar-refractivity contribution < 1.29 is 23.8 Å². The van der Waals surface area contributed by atoms with Crippen LogP contribution in [-0.2, 0) is 10.3 Å². The first-order chi connectivity index (χ1) is 19.7. The van der Waals surface area contributed by atoms with Crippen LogP contribution in [0.4, 0.5) is 10.1 Å². The van der Waals surface area contributed by atoms with Gasteiger partial charge in [-0.3, -0.25) is 9.69 Å². The maximum absolute atomic E-state index is 16.0. The summed E-state index contributed by atoms with van der Waals surface area (Å²) < 4.78 is 21.3. The first kappa shape index (κ1) is 26.7. The van der Waals surface area contributed by atoms with E-state index in [2.05, 4.69) is 15.5 Å². The third kappa shape index (κ3) is 3.99. The Morgan fingerprint density at radius 3 is 2.71 bits per heavy atom. The molecule has 1 spiro atoms. The maximum Gasteiger partial charge on any atom is 0.339 e. The lowest BCUT2D eigenvalue weighted by Gasteiger charge is -2.41. The number of fused-ring (bicyclic) bond motifs is 3. The van der Waals surface area contributed by atoms with E-state index in [0.717, 1.165) is 24.0 Å². The molecule has 3 fully saturated rings. The number of carbonyl (C=O) groups excluding carboxylic acids is 1. The number of carboxylic acid groups (broad SMARTS) is 1. The van der Waals surface area contributed by atoms with Gasteiger partial charge in [0.05, 0.1) is 12.1 Å². The van der Waals surface area contributed by atoms with Crippen LogP contribution < -0.4 is 15.4 Å². The number of halogens is 3. The van der Waals surface area contributed by atoms with E-state index in [1.54, 1.807) is 42.5 Å². The molecule has 5 atom stereocenters. The Kier molecular flexibility index (Phi) is 6.32. The number of amides is 1.